The van der Waals surface area contributed by atoms with Crippen molar-refractivity contribution in [3.05, 3.63) is 12.0 Å². The van der Waals surface area contributed by atoms with E-state index in [2.05, 4.69) is 30.8 Å². The Morgan fingerprint density at radius 2 is 2.42 bits per heavy atom. The van der Waals surface area contributed by atoms with Crippen molar-refractivity contribution in [1.29, 1.82) is 0 Å². The lowest BCUT2D eigenvalue weighted by atomic mass is 10.2. The van der Waals surface area contributed by atoms with Crippen molar-refractivity contribution in [1.82, 2.24) is 35.5 Å². The van der Waals surface area contributed by atoms with Crippen molar-refractivity contribution in [3.63, 3.8) is 0 Å². The lowest BCUT2D eigenvalue weighted by molar-refractivity contribution is 0.0512. The third kappa shape index (κ3) is 2.19. The number of ether oxygens (including phenoxy) is 1. The molecule has 3 heterocycles. The third-order valence-electron chi connectivity index (χ3n) is 2.83. The van der Waals surface area contributed by atoms with E-state index in [1.54, 1.807) is 17.8 Å². The summed E-state index contributed by atoms with van der Waals surface area (Å²) in [5.74, 6) is -0.130. The Morgan fingerprint density at radius 1 is 1.58 bits per heavy atom. The number of carbonyl (C=O) groups excluding carboxylic acids is 1. The van der Waals surface area contributed by atoms with Gasteiger partial charge < -0.3 is 10.1 Å². The maximum Gasteiger partial charge on any atom is 0.375 e. The number of aromatic amines is 1. The number of rotatable bonds is 4. The van der Waals surface area contributed by atoms with Gasteiger partial charge in [-0.1, -0.05) is 5.21 Å². The second-order valence-electron chi connectivity index (χ2n) is 4.12. The molecule has 9 heteroatoms. The molecule has 19 heavy (non-hydrogen) atoms. The second kappa shape index (κ2) is 4.76. The highest BCUT2D eigenvalue weighted by molar-refractivity contribution is 5.85. The molecule has 2 aromatic heterocycles. The Kier molecular flexibility index (Phi) is 2.95. The van der Waals surface area contributed by atoms with Gasteiger partial charge in [0.1, 0.15) is 0 Å². The molecule has 1 fully saturated rings. The summed E-state index contributed by atoms with van der Waals surface area (Å²) < 4.78 is 6.59. The van der Waals surface area contributed by atoms with Crippen LogP contribution in [-0.2, 0) is 4.74 Å². The minimum atomic E-state index is -0.531. The Hall–Kier alpha value is -2.29. The predicted molar refractivity (Wildman–Crippen MR) is 63.3 cm³/mol. The van der Waals surface area contributed by atoms with Crippen LogP contribution < -0.4 is 5.32 Å². The molecule has 0 unspecified atom stereocenters. The van der Waals surface area contributed by atoms with Crippen LogP contribution in [0, 0.1) is 0 Å². The number of H-pyrrole nitrogens is 1. The molecule has 2 N–H and O–H groups in total. The first-order valence-electron chi connectivity index (χ1n) is 6.00. The van der Waals surface area contributed by atoms with Crippen molar-refractivity contribution in [2.45, 2.75) is 13.0 Å². The van der Waals surface area contributed by atoms with E-state index < -0.39 is 5.97 Å². The molecule has 0 aromatic carbocycles. The van der Waals surface area contributed by atoms with E-state index in [1.807, 2.05) is 0 Å². The van der Waals surface area contributed by atoms with Crippen LogP contribution in [-0.4, -0.2) is 55.8 Å². The zero-order valence-corrected chi connectivity index (χ0v) is 10.3. The minimum Gasteiger partial charge on any atom is -0.460 e. The van der Waals surface area contributed by atoms with Gasteiger partial charge in [0.2, 0.25) is 11.6 Å². The summed E-state index contributed by atoms with van der Waals surface area (Å²) in [6.07, 6.45) is 1.77. The van der Waals surface area contributed by atoms with Crippen LogP contribution in [0.3, 0.4) is 0 Å². The minimum absolute atomic E-state index is 0.0664. The van der Waals surface area contributed by atoms with Crippen molar-refractivity contribution in [2.24, 2.45) is 0 Å². The number of esters is 1. The summed E-state index contributed by atoms with van der Waals surface area (Å²) in [4.78, 5) is 15.5. The zero-order valence-electron chi connectivity index (χ0n) is 10.3. The van der Waals surface area contributed by atoms with Crippen LogP contribution in [0.4, 0.5) is 0 Å². The van der Waals surface area contributed by atoms with E-state index in [9.17, 15) is 4.79 Å². The fourth-order valence-corrected chi connectivity index (χ4v) is 1.69. The molecule has 0 saturated carbocycles. The predicted octanol–water partition coefficient (Wildman–Crippen LogP) is -0.616. The molecule has 0 spiro atoms. The van der Waals surface area contributed by atoms with Crippen LogP contribution in [0.5, 0.6) is 0 Å². The average molecular weight is 263 g/mol. The van der Waals surface area contributed by atoms with Crippen LogP contribution in [0.25, 0.3) is 11.5 Å². The first-order chi connectivity index (χ1) is 9.28. The van der Waals surface area contributed by atoms with Gasteiger partial charge >= 0.3 is 5.97 Å². The summed E-state index contributed by atoms with van der Waals surface area (Å²) in [5, 5.41) is 17.6. The number of nitrogens with one attached hydrogen (secondary N) is 2. The smallest absolute Gasteiger partial charge is 0.375 e. The highest BCUT2D eigenvalue weighted by atomic mass is 16.5. The van der Waals surface area contributed by atoms with Gasteiger partial charge in [0, 0.05) is 13.1 Å². The molecule has 1 aliphatic heterocycles. The fourth-order valence-electron chi connectivity index (χ4n) is 1.69. The summed E-state index contributed by atoms with van der Waals surface area (Å²) in [6.45, 7) is 3.78. The number of carbonyl (C=O) groups is 1. The number of hydrogen-bond acceptors (Lipinski definition) is 7. The van der Waals surface area contributed by atoms with E-state index in [4.69, 9.17) is 4.74 Å². The van der Waals surface area contributed by atoms with Gasteiger partial charge in [-0.15, -0.1) is 5.10 Å². The van der Waals surface area contributed by atoms with Gasteiger partial charge in [-0.05, 0) is 6.92 Å². The number of hydrogen-bond donors (Lipinski definition) is 2. The molecule has 0 radical (unpaired) electrons. The summed E-state index contributed by atoms with van der Waals surface area (Å²) in [7, 11) is 0. The van der Waals surface area contributed by atoms with Crippen LogP contribution >= 0.6 is 0 Å². The van der Waals surface area contributed by atoms with Crippen LogP contribution in [0.1, 0.15) is 23.6 Å². The maximum atomic E-state index is 11.5. The fraction of sp³-hybridized carbons (Fsp3) is 0.500. The Morgan fingerprint density at radius 3 is 3.11 bits per heavy atom. The monoisotopic (exact) mass is 263 g/mol. The molecule has 9 nitrogen and oxygen atoms in total. The highest BCUT2D eigenvalue weighted by Crippen LogP contribution is 2.15. The Bertz CT molecular complexity index is 586. The molecule has 2 aromatic rings. The zero-order chi connectivity index (χ0) is 13.2. The molecule has 1 saturated heterocycles. The van der Waals surface area contributed by atoms with Gasteiger partial charge in [0.25, 0.3) is 0 Å². The number of aromatic nitrogens is 6. The summed E-state index contributed by atoms with van der Waals surface area (Å²) in [5.41, 5.74) is 0.527. The van der Waals surface area contributed by atoms with E-state index in [-0.39, 0.29) is 5.82 Å². The quantitative estimate of drug-likeness (QED) is 0.707. The lowest BCUT2D eigenvalue weighted by Crippen LogP contribution is -2.43. The summed E-state index contributed by atoms with van der Waals surface area (Å²) >= 11 is 0. The van der Waals surface area contributed by atoms with Crippen LogP contribution in [0.15, 0.2) is 6.20 Å². The van der Waals surface area contributed by atoms with E-state index in [1.165, 1.54) is 0 Å². The molecule has 0 bridgehead atoms. The third-order valence-corrected chi connectivity index (χ3v) is 2.83. The van der Waals surface area contributed by atoms with Crippen molar-refractivity contribution >= 4 is 5.97 Å². The van der Waals surface area contributed by atoms with Gasteiger partial charge in [0.15, 0.2) is 5.69 Å². The largest absolute Gasteiger partial charge is 0.460 e. The maximum absolute atomic E-state index is 11.5. The number of nitrogens with zero attached hydrogens (tertiary/aromatic N) is 5. The van der Waals surface area contributed by atoms with Gasteiger partial charge in [0.05, 0.1) is 18.8 Å². The SMILES string of the molecule is CCOC(=O)c1nc(-c2cn(C3CNC3)nn2)n[nH]1. The topological polar surface area (TPSA) is 111 Å². The van der Waals surface area contributed by atoms with Gasteiger partial charge in [-0.2, -0.15) is 10.1 Å². The molecule has 0 aliphatic carbocycles. The standard InChI is InChI=1S/C10H13N7O2/c1-2-19-10(18)9-12-8(14-15-9)7-5-17(16-13-7)6-3-11-4-6/h5-6,11H,2-4H2,1H3,(H,12,14,15). The molecule has 3 rings (SSSR count). The van der Waals surface area contributed by atoms with E-state index in [0.717, 1.165) is 13.1 Å². The summed E-state index contributed by atoms with van der Waals surface area (Å²) in [6, 6.07) is 0.324. The molecule has 0 amide bonds. The molecule has 0 atom stereocenters. The molecule has 100 valence electrons. The van der Waals surface area contributed by atoms with Gasteiger partial charge in [-0.25, -0.2) is 9.48 Å². The highest BCUT2D eigenvalue weighted by Gasteiger charge is 2.22. The van der Waals surface area contributed by atoms with E-state index in [0.29, 0.717) is 24.2 Å². The molecular weight excluding hydrogens is 250 g/mol. The Balaban J connectivity index is 1.78. The lowest BCUT2D eigenvalue weighted by Gasteiger charge is -2.26. The first-order valence-corrected chi connectivity index (χ1v) is 6.00. The normalized spacial score (nSPS) is 15.2. The molecule has 1 aliphatic rings. The van der Waals surface area contributed by atoms with Crippen molar-refractivity contribution in [3.8, 4) is 11.5 Å². The second-order valence-corrected chi connectivity index (χ2v) is 4.12. The van der Waals surface area contributed by atoms with Gasteiger partial charge in [-0.3, -0.25) is 5.10 Å². The first kappa shape index (κ1) is 11.8. The molecular formula is C10H13N7O2. The van der Waals surface area contributed by atoms with Crippen molar-refractivity contribution in [2.75, 3.05) is 19.7 Å². The average Bonchev–Trinajstić information content (AvgIpc) is 2.94. The van der Waals surface area contributed by atoms with E-state index >= 15 is 0 Å². The Labute approximate surface area is 108 Å². The van der Waals surface area contributed by atoms with Crippen LogP contribution in [0.2, 0.25) is 0 Å². The van der Waals surface area contributed by atoms with Crippen molar-refractivity contribution < 1.29 is 9.53 Å².